The van der Waals surface area contributed by atoms with E-state index in [0.717, 1.165) is 17.2 Å². The normalized spacial score (nSPS) is 10.4. The molecule has 0 atom stereocenters. The SMILES string of the molecule is NC(N)=Nc1cccc(C(=O)NCc2cccc(C=CC(=O)O)c2)c1. The van der Waals surface area contributed by atoms with Gasteiger partial charge in [0.2, 0.25) is 0 Å². The zero-order valence-electron chi connectivity index (χ0n) is 13.3. The van der Waals surface area contributed by atoms with Crippen LogP contribution in [0.2, 0.25) is 0 Å². The third-order valence-electron chi connectivity index (χ3n) is 3.19. The number of rotatable bonds is 6. The Labute approximate surface area is 144 Å². The minimum absolute atomic E-state index is 0.0798. The second-order valence-corrected chi connectivity index (χ2v) is 5.19. The molecule has 0 aliphatic rings. The average molecular weight is 338 g/mol. The summed E-state index contributed by atoms with van der Waals surface area (Å²) in [6.07, 6.45) is 2.55. The summed E-state index contributed by atoms with van der Waals surface area (Å²) in [4.78, 5) is 26.7. The van der Waals surface area contributed by atoms with Gasteiger partial charge in [-0.3, -0.25) is 4.79 Å². The van der Waals surface area contributed by atoms with Crippen LogP contribution >= 0.6 is 0 Å². The molecule has 7 nitrogen and oxygen atoms in total. The Kier molecular flexibility index (Phi) is 5.89. The average Bonchev–Trinajstić information content (AvgIpc) is 2.58. The zero-order chi connectivity index (χ0) is 18.2. The summed E-state index contributed by atoms with van der Waals surface area (Å²) in [7, 11) is 0. The monoisotopic (exact) mass is 338 g/mol. The topological polar surface area (TPSA) is 131 Å². The number of guanidine groups is 1. The molecule has 0 fully saturated rings. The van der Waals surface area contributed by atoms with E-state index in [1.54, 1.807) is 42.5 Å². The van der Waals surface area contributed by atoms with Gasteiger partial charge in [-0.2, -0.15) is 0 Å². The van der Waals surface area contributed by atoms with Crippen LogP contribution < -0.4 is 16.8 Å². The second kappa shape index (κ2) is 8.30. The van der Waals surface area contributed by atoms with Crippen molar-refractivity contribution in [3.63, 3.8) is 0 Å². The van der Waals surface area contributed by atoms with Crippen molar-refractivity contribution >= 4 is 29.6 Å². The van der Waals surface area contributed by atoms with Gasteiger partial charge in [0.15, 0.2) is 5.96 Å². The molecular weight excluding hydrogens is 320 g/mol. The van der Waals surface area contributed by atoms with E-state index in [4.69, 9.17) is 16.6 Å². The number of aliphatic carboxylic acids is 1. The first-order valence-electron chi connectivity index (χ1n) is 7.42. The molecule has 128 valence electrons. The van der Waals surface area contributed by atoms with Gasteiger partial charge in [0.1, 0.15) is 0 Å². The maximum absolute atomic E-state index is 12.2. The maximum atomic E-state index is 12.2. The van der Waals surface area contributed by atoms with E-state index in [0.29, 0.717) is 17.8 Å². The Morgan fingerprint density at radius 2 is 1.88 bits per heavy atom. The molecule has 0 unspecified atom stereocenters. The summed E-state index contributed by atoms with van der Waals surface area (Å²) in [6.45, 7) is 0.306. The zero-order valence-corrected chi connectivity index (χ0v) is 13.3. The van der Waals surface area contributed by atoms with Gasteiger partial charge in [0.05, 0.1) is 5.69 Å². The number of carboxylic acid groups (broad SMARTS) is 1. The lowest BCUT2D eigenvalue weighted by Crippen LogP contribution is -2.23. The van der Waals surface area contributed by atoms with Crippen LogP contribution in [-0.4, -0.2) is 22.9 Å². The van der Waals surface area contributed by atoms with Crippen molar-refractivity contribution in [2.75, 3.05) is 0 Å². The molecule has 2 aromatic carbocycles. The molecule has 0 aliphatic carbocycles. The number of hydrogen-bond acceptors (Lipinski definition) is 3. The molecule has 0 saturated heterocycles. The molecule has 2 rings (SSSR count). The fourth-order valence-corrected chi connectivity index (χ4v) is 2.12. The predicted molar refractivity (Wildman–Crippen MR) is 96.2 cm³/mol. The summed E-state index contributed by atoms with van der Waals surface area (Å²) in [6, 6.07) is 13.8. The smallest absolute Gasteiger partial charge is 0.328 e. The highest BCUT2D eigenvalue weighted by Gasteiger charge is 2.06. The number of carbonyl (C=O) groups is 2. The van der Waals surface area contributed by atoms with Gasteiger partial charge in [-0.05, 0) is 41.5 Å². The van der Waals surface area contributed by atoms with Gasteiger partial charge in [-0.1, -0.05) is 24.3 Å². The lowest BCUT2D eigenvalue weighted by atomic mass is 10.1. The number of amides is 1. The highest BCUT2D eigenvalue weighted by atomic mass is 16.4. The summed E-state index contributed by atoms with van der Waals surface area (Å²) in [5.74, 6) is -1.36. The summed E-state index contributed by atoms with van der Waals surface area (Å²) >= 11 is 0. The maximum Gasteiger partial charge on any atom is 0.328 e. The Morgan fingerprint density at radius 3 is 2.60 bits per heavy atom. The third-order valence-corrected chi connectivity index (χ3v) is 3.19. The van der Waals surface area contributed by atoms with E-state index < -0.39 is 5.97 Å². The van der Waals surface area contributed by atoms with Gasteiger partial charge >= 0.3 is 5.97 Å². The van der Waals surface area contributed by atoms with E-state index in [1.165, 1.54) is 6.08 Å². The fourth-order valence-electron chi connectivity index (χ4n) is 2.12. The van der Waals surface area contributed by atoms with Crippen molar-refractivity contribution in [3.05, 3.63) is 71.3 Å². The Bertz CT molecular complexity index is 840. The van der Waals surface area contributed by atoms with Crippen molar-refractivity contribution in [3.8, 4) is 0 Å². The number of nitrogens with two attached hydrogens (primary N) is 2. The van der Waals surface area contributed by atoms with Gasteiger partial charge < -0.3 is 21.9 Å². The standard InChI is InChI=1S/C18H18N4O3/c19-18(20)22-15-6-2-5-14(10-15)17(25)21-11-13-4-1-3-12(9-13)7-8-16(23)24/h1-10H,11H2,(H,21,25)(H,23,24)(H4,19,20,22). The van der Waals surface area contributed by atoms with E-state index >= 15 is 0 Å². The van der Waals surface area contributed by atoms with Crippen LogP contribution in [0.5, 0.6) is 0 Å². The summed E-state index contributed by atoms with van der Waals surface area (Å²) in [5, 5.41) is 11.5. The Morgan fingerprint density at radius 1 is 1.12 bits per heavy atom. The van der Waals surface area contributed by atoms with Crippen LogP contribution in [0.25, 0.3) is 6.08 Å². The predicted octanol–water partition coefficient (Wildman–Crippen LogP) is 1.62. The molecule has 7 heteroatoms. The number of hydrogen-bond donors (Lipinski definition) is 4. The number of aliphatic imine (C=N–C) groups is 1. The molecule has 2 aromatic rings. The van der Waals surface area contributed by atoms with Crippen LogP contribution in [0.4, 0.5) is 5.69 Å². The molecule has 6 N–H and O–H groups in total. The lowest BCUT2D eigenvalue weighted by molar-refractivity contribution is -0.131. The van der Waals surface area contributed by atoms with Crippen molar-refractivity contribution < 1.29 is 14.7 Å². The van der Waals surface area contributed by atoms with Crippen LogP contribution in [0.3, 0.4) is 0 Å². The minimum Gasteiger partial charge on any atom is -0.478 e. The number of carbonyl (C=O) groups excluding carboxylic acids is 1. The van der Waals surface area contributed by atoms with Crippen molar-refractivity contribution in [2.45, 2.75) is 6.54 Å². The number of nitrogens with one attached hydrogen (secondary N) is 1. The van der Waals surface area contributed by atoms with Gasteiger partial charge in [-0.15, -0.1) is 0 Å². The van der Waals surface area contributed by atoms with Gasteiger partial charge in [-0.25, -0.2) is 9.79 Å². The number of carboxylic acids is 1. The third kappa shape index (κ3) is 5.83. The van der Waals surface area contributed by atoms with E-state index in [9.17, 15) is 9.59 Å². The molecule has 0 spiro atoms. The second-order valence-electron chi connectivity index (χ2n) is 5.19. The highest BCUT2D eigenvalue weighted by Crippen LogP contribution is 2.14. The van der Waals surface area contributed by atoms with Crippen molar-refractivity contribution in [1.82, 2.24) is 5.32 Å². The molecule has 0 saturated carbocycles. The first-order chi connectivity index (χ1) is 11.9. The van der Waals surface area contributed by atoms with E-state index in [1.807, 2.05) is 6.07 Å². The first-order valence-corrected chi connectivity index (χ1v) is 7.42. The molecule has 0 bridgehead atoms. The summed E-state index contributed by atoms with van der Waals surface area (Å²) < 4.78 is 0. The number of benzene rings is 2. The molecule has 0 aromatic heterocycles. The molecular formula is C18H18N4O3. The highest BCUT2D eigenvalue weighted by molar-refractivity contribution is 5.95. The van der Waals surface area contributed by atoms with Crippen molar-refractivity contribution in [1.29, 1.82) is 0 Å². The molecule has 0 radical (unpaired) electrons. The van der Waals surface area contributed by atoms with Crippen LogP contribution in [0, 0.1) is 0 Å². The molecule has 25 heavy (non-hydrogen) atoms. The van der Waals surface area contributed by atoms with E-state index in [-0.39, 0.29) is 11.9 Å². The van der Waals surface area contributed by atoms with Crippen LogP contribution in [0.1, 0.15) is 21.5 Å². The first kappa shape index (κ1) is 17.7. The molecule has 0 heterocycles. The van der Waals surface area contributed by atoms with Gasteiger partial charge in [0.25, 0.3) is 5.91 Å². The molecule has 1 amide bonds. The Balaban J connectivity index is 2.04. The fraction of sp³-hybridized carbons (Fsp3) is 0.0556. The van der Waals surface area contributed by atoms with Crippen LogP contribution in [0.15, 0.2) is 59.6 Å². The Hall–Kier alpha value is -3.61. The largest absolute Gasteiger partial charge is 0.478 e. The number of nitrogens with zero attached hydrogens (tertiary/aromatic N) is 1. The quantitative estimate of drug-likeness (QED) is 0.361. The minimum atomic E-state index is -1.01. The van der Waals surface area contributed by atoms with Gasteiger partial charge in [0, 0.05) is 18.2 Å². The lowest BCUT2D eigenvalue weighted by Gasteiger charge is -2.07. The van der Waals surface area contributed by atoms with E-state index in [2.05, 4.69) is 10.3 Å². The van der Waals surface area contributed by atoms with Crippen molar-refractivity contribution in [2.24, 2.45) is 16.5 Å². The summed E-state index contributed by atoms with van der Waals surface area (Å²) in [5.41, 5.74) is 13.2. The molecule has 0 aliphatic heterocycles. The van der Waals surface area contributed by atoms with Crippen LogP contribution in [-0.2, 0) is 11.3 Å².